The second-order valence-corrected chi connectivity index (χ2v) is 4.68. The van der Waals surface area contributed by atoms with Gasteiger partial charge in [0.05, 0.1) is 13.2 Å². The molecule has 19 heavy (non-hydrogen) atoms. The highest BCUT2D eigenvalue weighted by molar-refractivity contribution is 5.97. The number of carbonyl (C=O) groups excluding carboxylic acids is 2. The zero-order chi connectivity index (χ0) is 14.3. The van der Waals surface area contributed by atoms with Crippen molar-refractivity contribution in [3.8, 4) is 5.75 Å². The van der Waals surface area contributed by atoms with Gasteiger partial charge in [0.1, 0.15) is 5.75 Å². The van der Waals surface area contributed by atoms with Gasteiger partial charge < -0.3 is 10.1 Å². The Labute approximate surface area is 114 Å². The third-order valence-corrected chi connectivity index (χ3v) is 2.64. The maximum atomic E-state index is 11.9. The van der Waals surface area contributed by atoms with Crippen molar-refractivity contribution in [2.75, 3.05) is 13.2 Å². The highest BCUT2D eigenvalue weighted by Gasteiger charge is 2.11. The summed E-state index contributed by atoms with van der Waals surface area (Å²) in [4.78, 5) is 23.3. The van der Waals surface area contributed by atoms with Gasteiger partial charge in [-0.15, -0.1) is 0 Å². The quantitative estimate of drug-likeness (QED) is 0.822. The third-order valence-electron chi connectivity index (χ3n) is 2.64. The number of carbonyl (C=O) groups is 2. The molecule has 1 aromatic carbocycles. The molecule has 1 amide bonds. The van der Waals surface area contributed by atoms with Crippen LogP contribution in [0.25, 0.3) is 0 Å². The normalized spacial score (nSPS) is 10.3. The average molecular weight is 263 g/mol. The van der Waals surface area contributed by atoms with Crippen LogP contribution in [0.1, 0.15) is 37.6 Å². The van der Waals surface area contributed by atoms with Crippen molar-refractivity contribution >= 4 is 11.7 Å². The van der Waals surface area contributed by atoms with E-state index >= 15 is 0 Å². The number of hydrogen-bond acceptors (Lipinski definition) is 3. The molecule has 0 fully saturated rings. The number of ketones is 1. The molecule has 0 atom stereocenters. The molecule has 0 saturated heterocycles. The molecule has 4 nitrogen and oxygen atoms in total. The minimum absolute atomic E-state index is 0.0201. The Balaban J connectivity index is 2.59. The molecule has 0 heterocycles. The number of ether oxygens (including phenoxy) is 1. The van der Waals surface area contributed by atoms with Crippen molar-refractivity contribution in [1.82, 2.24) is 5.32 Å². The molecule has 0 saturated carbocycles. The predicted octanol–water partition coefficient (Wildman–Crippen LogP) is 2.43. The van der Waals surface area contributed by atoms with Crippen LogP contribution in [0.15, 0.2) is 24.3 Å². The van der Waals surface area contributed by atoms with E-state index in [4.69, 9.17) is 4.74 Å². The first-order valence-corrected chi connectivity index (χ1v) is 6.58. The van der Waals surface area contributed by atoms with E-state index < -0.39 is 0 Å². The lowest BCUT2D eigenvalue weighted by molar-refractivity contribution is -0.120. The lowest BCUT2D eigenvalue weighted by atomic mass is 10.1. The fourth-order valence-corrected chi connectivity index (χ4v) is 1.42. The first-order chi connectivity index (χ1) is 9.04. The van der Waals surface area contributed by atoms with Gasteiger partial charge in [0, 0.05) is 11.5 Å². The minimum atomic E-state index is -0.254. The number of benzene rings is 1. The third kappa shape index (κ3) is 5.12. The predicted molar refractivity (Wildman–Crippen MR) is 74.4 cm³/mol. The molecule has 0 aromatic heterocycles. The fourth-order valence-electron chi connectivity index (χ4n) is 1.42. The zero-order valence-corrected chi connectivity index (χ0v) is 11.7. The largest absolute Gasteiger partial charge is 0.494 e. The summed E-state index contributed by atoms with van der Waals surface area (Å²) in [6, 6.07) is 6.97. The molecule has 0 aliphatic heterocycles. The van der Waals surface area contributed by atoms with Crippen LogP contribution in [-0.2, 0) is 4.79 Å². The maximum absolute atomic E-state index is 11.9. The van der Waals surface area contributed by atoms with Gasteiger partial charge in [-0.05, 0) is 24.6 Å². The summed E-state index contributed by atoms with van der Waals surface area (Å²) in [5.74, 6) is 0.367. The van der Waals surface area contributed by atoms with Crippen LogP contribution in [-0.4, -0.2) is 24.8 Å². The molecule has 0 radical (unpaired) electrons. The SMILES string of the molecule is CCCOc1cccc(C(=O)NCC(=O)C(C)C)c1. The molecule has 0 aliphatic rings. The van der Waals surface area contributed by atoms with Crippen molar-refractivity contribution < 1.29 is 14.3 Å². The van der Waals surface area contributed by atoms with Crippen molar-refractivity contribution in [1.29, 1.82) is 0 Å². The van der Waals surface area contributed by atoms with E-state index in [2.05, 4.69) is 5.32 Å². The van der Waals surface area contributed by atoms with Crippen LogP contribution >= 0.6 is 0 Å². The van der Waals surface area contributed by atoms with Gasteiger partial charge in [-0.3, -0.25) is 9.59 Å². The number of rotatable bonds is 7. The number of nitrogens with one attached hydrogen (secondary N) is 1. The first-order valence-electron chi connectivity index (χ1n) is 6.58. The summed E-state index contributed by atoms with van der Waals surface area (Å²) in [5, 5.41) is 2.62. The monoisotopic (exact) mass is 263 g/mol. The highest BCUT2D eigenvalue weighted by atomic mass is 16.5. The van der Waals surface area contributed by atoms with E-state index in [9.17, 15) is 9.59 Å². The number of amides is 1. The molecule has 4 heteroatoms. The fraction of sp³-hybridized carbons (Fsp3) is 0.467. The summed E-state index contributed by atoms with van der Waals surface area (Å²) in [7, 11) is 0. The van der Waals surface area contributed by atoms with E-state index in [1.54, 1.807) is 18.2 Å². The van der Waals surface area contributed by atoms with Crippen LogP contribution in [0, 0.1) is 5.92 Å². The van der Waals surface area contributed by atoms with Crippen LogP contribution in [0.2, 0.25) is 0 Å². The van der Waals surface area contributed by atoms with E-state index in [1.165, 1.54) is 0 Å². The zero-order valence-electron chi connectivity index (χ0n) is 11.7. The molecular weight excluding hydrogens is 242 g/mol. The Morgan fingerprint density at radius 2 is 2.05 bits per heavy atom. The van der Waals surface area contributed by atoms with Gasteiger partial charge in [0.15, 0.2) is 5.78 Å². The molecule has 0 bridgehead atoms. The topological polar surface area (TPSA) is 55.4 Å². The van der Waals surface area contributed by atoms with Crippen molar-refractivity contribution in [2.24, 2.45) is 5.92 Å². The molecule has 1 rings (SSSR count). The lowest BCUT2D eigenvalue weighted by Crippen LogP contribution is -2.31. The summed E-state index contributed by atoms with van der Waals surface area (Å²) in [5.41, 5.74) is 0.505. The van der Waals surface area contributed by atoms with Crippen molar-refractivity contribution in [3.05, 3.63) is 29.8 Å². The van der Waals surface area contributed by atoms with E-state index in [0.717, 1.165) is 6.42 Å². The molecule has 0 aliphatic carbocycles. The summed E-state index contributed by atoms with van der Waals surface area (Å²) < 4.78 is 5.46. The molecule has 0 unspecified atom stereocenters. The Morgan fingerprint density at radius 1 is 1.32 bits per heavy atom. The first kappa shape index (κ1) is 15.2. The summed E-state index contributed by atoms with van der Waals surface area (Å²) in [6.07, 6.45) is 0.916. The van der Waals surface area contributed by atoms with Gasteiger partial charge in [-0.2, -0.15) is 0 Å². The van der Waals surface area contributed by atoms with Crippen LogP contribution < -0.4 is 10.1 Å². The van der Waals surface area contributed by atoms with Crippen molar-refractivity contribution in [2.45, 2.75) is 27.2 Å². The molecule has 104 valence electrons. The maximum Gasteiger partial charge on any atom is 0.251 e. The summed E-state index contributed by atoms with van der Waals surface area (Å²) >= 11 is 0. The van der Waals surface area contributed by atoms with E-state index in [0.29, 0.717) is 17.9 Å². The molecule has 1 aromatic rings. The van der Waals surface area contributed by atoms with Gasteiger partial charge >= 0.3 is 0 Å². The molecular formula is C15H21NO3. The number of Topliss-reactive ketones (excluding diaryl/α,β-unsaturated/α-hetero) is 1. The Bertz CT molecular complexity index is 441. The van der Waals surface area contributed by atoms with Crippen LogP contribution in [0.3, 0.4) is 0 Å². The summed E-state index contributed by atoms with van der Waals surface area (Å²) in [6.45, 7) is 6.34. The Kier molecular flexibility index (Phi) is 6.06. The molecule has 1 N–H and O–H groups in total. The van der Waals surface area contributed by atoms with Crippen molar-refractivity contribution in [3.63, 3.8) is 0 Å². The van der Waals surface area contributed by atoms with E-state index in [-0.39, 0.29) is 24.2 Å². The van der Waals surface area contributed by atoms with Gasteiger partial charge in [-0.1, -0.05) is 26.8 Å². The standard InChI is InChI=1S/C15H21NO3/c1-4-8-19-13-7-5-6-12(9-13)15(18)16-10-14(17)11(2)3/h5-7,9,11H,4,8,10H2,1-3H3,(H,16,18). The average Bonchev–Trinajstić information content (AvgIpc) is 2.42. The van der Waals surface area contributed by atoms with Crippen LogP contribution in [0.4, 0.5) is 0 Å². The van der Waals surface area contributed by atoms with Gasteiger partial charge in [-0.25, -0.2) is 0 Å². The molecule has 0 spiro atoms. The second kappa shape index (κ2) is 7.56. The number of hydrogen-bond donors (Lipinski definition) is 1. The van der Waals surface area contributed by atoms with Gasteiger partial charge in [0.25, 0.3) is 5.91 Å². The highest BCUT2D eigenvalue weighted by Crippen LogP contribution is 2.13. The van der Waals surface area contributed by atoms with Gasteiger partial charge in [0.2, 0.25) is 0 Å². The smallest absolute Gasteiger partial charge is 0.251 e. The minimum Gasteiger partial charge on any atom is -0.494 e. The lowest BCUT2D eigenvalue weighted by Gasteiger charge is -2.08. The Morgan fingerprint density at radius 3 is 2.68 bits per heavy atom. The second-order valence-electron chi connectivity index (χ2n) is 4.68. The van der Waals surface area contributed by atoms with E-state index in [1.807, 2.05) is 26.8 Å². The Hall–Kier alpha value is -1.84. The van der Waals surface area contributed by atoms with Crippen LogP contribution in [0.5, 0.6) is 5.75 Å².